The first-order valence-electron chi connectivity index (χ1n) is 8.61. The standard InChI is InChI=1S/C19H23N5O/c1-19(17-12-22-13-23-17,9-14-4-6-15(10-20)7-5-14)24-18(25)16-3-2-8-21-11-16/h4-7,12-13,16,21H,2-3,8-9,11H2,1H3,(H,22,23)(H,24,25)/t16-,19?/m0/s1. The molecule has 2 heterocycles. The molecule has 0 bridgehead atoms. The van der Waals surface area contributed by atoms with Gasteiger partial charge in [0, 0.05) is 13.0 Å². The third kappa shape index (κ3) is 4.06. The van der Waals surface area contributed by atoms with Gasteiger partial charge in [-0.15, -0.1) is 0 Å². The summed E-state index contributed by atoms with van der Waals surface area (Å²) in [6.07, 6.45) is 5.93. The number of aromatic nitrogens is 2. The molecule has 0 spiro atoms. The van der Waals surface area contributed by atoms with Crippen LogP contribution >= 0.6 is 0 Å². The van der Waals surface area contributed by atoms with E-state index in [1.165, 1.54) is 0 Å². The van der Waals surface area contributed by atoms with E-state index in [-0.39, 0.29) is 11.8 Å². The monoisotopic (exact) mass is 337 g/mol. The van der Waals surface area contributed by atoms with Crippen LogP contribution in [0.15, 0.2) is 36.8 Å². The van der Waals surface area contributed by atoms with Crippen molar-refractivity contribution in [2.24, 2.45) is 5.92 Å². The second-order valence-corrected chi connectivity index (χ2v) is 6.82. The molecule has 25 heavy (non-hydrogen) atoms. The molecule has 1 unspecified atom stereocenters. The second kappa shape index (κ2) is 7.49. The first-order chi connectivity index (χ1) is 12.1. The van der Waals surface area contributed by atoms with Crippen molar-refractivity contribution in [1.29, 1.82) is 5.26 Å². The number of nitrogens with zero attached hydrogens (tertiary/aromatic N) is 2. The van der Waals surface area contributed by atoms with Gasteiger partial charge in [-0.05, 0) is 44.0 Å². The summed E-state index contributed by atoms with van der Waals surface area (Å²) in [6, 6.07) is 9.59. The number of carbonyl (C=O) groups is 1. The number of amides is 1. The van der Waals surface area contributed by atoms with Crippen LogP contribution in [0, 0.1) is 17.2 Å². The molecule has 1 fully saturated rings. The fourth-order valence-corrected chi connectivity index (χ4v) is 3.32. The molecule has 3 N–H and O–H groups in total. The summed E-state index contributed by atoms with van der Waals surface area (Å²) in [5.41, 5.74) is 1.97. The van der Waals surface area contributed by atoms with Gasteiger partial charge in [0.15, 0.2) is 0 Å². The van der Waals surface area contributed by atoms with Crippen molar-refractivity contribution in [3.05, 3.63) is 53.6 Å². The Morgan fingerprint density at radius 2 is 2.24 bits per heavy atom. The van der Waals surface area contributed by atoms with Gasteiger partial charge in [-0.3, -0.25) is 4.79 Å². The minimum atomic E-state index is -0.584. The van der Waals surface area contributed by atoms with E-state index in [0.717, 1.165) is 37.2 Å². The molecule has 2 atom stereocenters. The highest BCUT2D eigenvalue weighted by Gasteiger charge is 2.33. The largest absolute Gasteiger partial charge is 0.347 e. The first-order valence-corrected chi connectivity index (χ1v) is 8.61. The van der Waals surface area contributed by atoms with Crippen LogP contribution in [-0.2, 0) is 16.8 Å². The molecule has 1 aliphatic heterocycles. The maximum absolute atomic E-state index is 12.8. The van der Waals surface area contributed by atoms with Gasteiger partial charge in [0.2, 0.25) is 5.91 Å². The van der Waals surface area contributed by atoms with Gasteiger partial charge in [-0.1, -0.05) is 12.1 Å². The minimum Gasteiger partial charge on any atom is -0.347 e. The molecule has 1 amide bonds. The molecule has 3 rings (SSSR count). The van der Waals surface area contributed by atoms with Gasteiger partial charge in [-0.25, -0.2) is 4.98 Å². The van der Waals surface area contributed by atoms with Crippen LogP contribution in [0.25, 0.3) is 0 Å². The Kier molecular flexibility index (Phi) is 5.15. The number of benzene rings is 1. The highest BCUT2D eigenvalue weighted by atomic mass is 16.2. The fraction of sp³-hybridized carbons (Fsp3) is 0.421. The van der Waals surface area contributed by atoms with Crippen LogP contribution < -0.4 is 10.6 Å². The van der Waals surface area contributed by atoms with Crippen molar-refractivity contribution in [2.75, 3.05) is 13.1 Å². The van der Waals surface area contributed by atoms with Gasteiger partial charge < -0.3 is 15.6 Å². The summed E-state index contributed by atoms with van der Waals surface area (Å²) in [4.78, 5) is 20.0. The Bertz CT molecular complexity index is 741. The number of nitriles is 1. The smallest absolute Gasteiger partial charge is 0.225 e. The van der Waals surface area contributed by atoms with E-state index >= 15 is 0 Å². The van der Waals surface area contributed by atoms with Crippen molar-refractivity contribution in [1.82, 2.24) is 20.6 Å². The Hall–Kier alpha value is -2.65. The molecule has 0 aliphatic carbocycles. The Morgan fingerprint density at radius 1 is 1.44 bits per heavy atom. The number of aromatic amines is 1. The number of carbonyl (C=O) groups excluding carboxylic acids is 1. The van der Waals surface area contributed by atoms with E-state index < -0.39 is 5.54 Å². The van der Waals surface area contributed by atoms with Gasteiger partial charge in [0.25, 0.3) is 0 Å². The predicted octanol–water partition coefficient (Wildman–Crippen LogP) is 1.86. The van der Waals surface area contributed by atoms with Crippen LogP contribution in [-0.4, -0.2) is 29.0 Å². The van der Waals surface area contributed by atoms with E-state index in [2.05, 4.69) is 26.7 Å². The number of nitrogens with one attached hydrogen (secondary N) is 3. The average Bonchev–Trinajstić information content (AvgIpc) is 3.18. The number of H-pyrrole nitrogens is 1. The Labute approximate surface area is 147 Å². The molecule has 6 nitrogen and oxygen atoms in total. The zero-order chi connectivity index (χ0) is 17.7. The normalized spacial score (nSPS) is 19.6. The number of piperidine rings is 1. The second-order valence-electron chi connectivity index (χ2n) is 6.82. The van der Waals surface area contributed by atoms with E-state index in [4.69, 9.17) is 5.26 Å². The van der Waals surface area contributed by atoms with Crippen LogP contribution in [0.2, 0.25) is 0 Å². The lowest BCUT2D eigenvalue weighted by molar-refractivity contribution is -0.127. The van der Waals surface area contributed by atoms with Gasteiger partial charge >= 0.3 is 0 Å². The van der Waals surface area contributed by atoms with Crippen LogP contribution in [0.5, 0.6) is 0 Å². The summed E-state index contributed by atoms with van der Waals surface area (Å²) in [6.45, 7) is 3.71. The molecule has 0 saturated carbocycles. The number of imidazole rings is 1. The van der Waals surface area contributed by atoms with Crippen molar-refractivity contribution in [3.63, 3.8) is 0 Å². The van der Waals surface area contributed by atoms with Gasteiger partial charge in [0.05, 0.1) is 41.3 Å². The molecule has 6 heteroatoms. The van der Waals surface area contributed by atoms with E-state index in [1.54, 1.807) is 24.7 Å². The maximum Gasteiger partial charge on any atom is 0.225 e. The molecule has 130 valence electrons. The Balaban J connectivity index is 1.80. The number of hydrogen-bond donors (Lipinski definition) is 3. The van der Waals surface area contributed by atoms with Crippen molar-refractivity contribution >= 4 is 5.91 Å². The highest BCUT2D eigenvalue weighted by Crippen LogP contribution is 2.25. The molecular formula is C19H23N5O. The third-order valence-electron chi connectivity index (χ3n) is 4.80. The molecule has 1 aromatic heterocycles. The summed E-state index contributed by atoms with van der Waals surface area (Å²) in [5, 5.41) is 15.5. The minimum absolute atomic E-state index is 0.00281. The maximum atomic E-state index is 12.8. The zero-order valence-electron chi connectivity index (χ0n) is 14.4. The van der Waals surface area contributed by atoms with Crippen LogP contribution in [0.4, 0.5) is 0 Å². The summed E-state index contributed by atoms with van der Waals surface area (Å²) >= 11 is 0. The molecule has 1 aliphatic rings. The zero-order valence-corrected chi connectivity index (χ0v) is 14.4. The van der Waals surface area contributed by atoms with Gasteiger partial charge in [-0.2, -0.15) is 5.26 Å². The molecule has 1 saturated heterocycles. The lowest BCUT2D eigenvalue weighted by Crippen LogP contribution is -2.50. The van der Waals surface area contributed by atoms with Crippen molar-refractivity contribution < 1.29 is 4.79 Å². The average molecular weight is 337 g/mol. The number of hydrogen-bond acceptors (Lipinski definition) is 4. The van der Waals surface area contributed by atoms with Crippen LogP contribution in [0.3, 0.4) is 0 Å². The number of rotatable bonds is 5. The topological polar surface area (TPSA) is 93.6 Å². The van der Waals surface area contributed by atoms with Crippen molar-refractivity contribution in [2.45, 2.75) is 31.7 Å². The van der Waals surface area contributed by atoms with E-state index in [1.807, 2.05) is 19.1 Å². The SMILES string of the molecule is CC(Cc1ccc(C#N)cc1)(NC(=O)[C@H]1CCCNC1)c1cnc[nH]1. The predicted molar refractivity (Wildman–Crippen MR) is 94.5 cm³/mol. The third-order valence-corrected chi connectivity index (χ3v) is 4.80. The fourth-order valence-electron chi connectivity index (χ4n) is 3.32. The van der Waals surface area contributed by atoms with E-state index in [9.17, 15) is 4.79 Å². The molecular weight excluding hydrogens is 314 g/mol. The quantitative estimate of drug-likeness (QED) is 0.776. The highest BCUT2D eigenvalue weighted by molar-refractivity contribution is 5.80. The summed E-state index contributed by atoms with van der Waals surface area (Å²) in [5.74, 6) is 0.0647. The molecule has 2 aromatic rings. The lowest BCUT2D eigenvalue weighted by atomic mass is 9.88. The summed E-state index contributed by atoms with van der Waals surface area (Å²) < 4.78 is 0. The first kappa shape index (κ1) is 17.2. The molecule has 1 aromatic carbocycles. The van der Waals surface area contributed by atoms with Crippen molar-refractivity contribution in [3.8, 4) is 6.07 Å². The Morgan fingerprint density at radius 3 is 2.84 bits per heavy atom. The van der Waals surface area contributed by atoms with E-state index in [0.29, 0.717) is 12.0 Å². The molecule has 0 radical (unpaired) electrons. The lowest BCUT2D eigenvalue weighted by Gasteiger charge is -2.33. The summed E-state index contributed by atoms with van der Waals surface area (Å²) in [7, 11) is 0. The van der Waals surface area contributed by atoms with Gasteiger partial charge in [0.1, 0.15) is 0 Å². The van der Waals surface area contributed by atoms with Crippen LogP contribution in [0.1, 0.15) is 36.6 Å².